The first-order chi connectivity index (χ1) is 33.6. The summed E-state index contributed by atoms with van der Waals surface area (Å²) in [7, 11) is 2.89. The average Bonchev–Trinajstić information content (AvgIpc) is 3.40. The van der Waals surface area contributed by atoms with Crippen LogP contribution in [-0.2, 0) is 96.5 Å². The molecule has 0 bridgehead atoms. The maximum Gasteiger partial charge on any atom is 0.337 e. The molecular weight excluding hydrogens is 865 g/mol. The predicted octanol–water partition coefficient (Wildman–Crippen LogP) is 8.78. The highest BCUT2D eigenvalue weighted by atomic mass is 16.8. The second-order valence-corrected chi connectivity index (χ2v) is 16.6. The summed E-state index contributed by atoms with van der Waals surface area (Å²) in [5, 5.41) is 0. The van der Waals surface area contributed by atoms with Gasteiger partial charge in [0.2, 0.25) is 0 Å². The summed E-state index contributed by atoms with van der Waals surface area (Å²) in [6, 6.07) is 59.0. The lowest BCUT2D eigenvalue weighted by Crippen LogP contribution is -2.64. The van der Waals surface area contributed by atoms with E-state index in [4.69, 9.17) is 52.1 Å². The summed E-state index contributed by atoms with van der Waals surface area (Å²) in [4.78, 5) is 13.9. The molecule has 0 aromatic heterocycles. The third-order valence-corrected chi connectivity index (χ3v) is 11.9. The van der Waals surface area contributed by atoms with Crippen LogP contribution < -0.4 is 0 Å². The van der Waals surface area contributed by atoms with Crippen LogP contribution in [0.4, 0.5) is 0 Å². The fraction of sp³-hybridized carbons (Fsp3) is 0.339. The Morgan fingerprint density at radius 3 is 1.03 bits per heavy atom. The normalized spacial score (nSPS) is 24.9. The quantitative estimate of drug-likeness (QED) is 0.0572. The Labute approximate surface area is 398 Å². The van der Waals surface area contributed by atoms with Gasteiger partial charge in [0.15, 0.2) is 18.7 Å². The molecule has 8 rings (SSSR count). The van der Waals surface area contributed by atoms with E-state index >= 15 is 0 Å². The minimum Gasteiger partial charge on any atom is -0.467 e. The van der Waals surface area contributed by atoms with Crippen molar-refractivity contribution in [2.75, 3.05) is 20.8 Å². The van der Waals surface area contributed by atoms with Gasteiger partial charge < -0.3 is 52.1 Å². The molecule has 0 N–H and O–H groups in total. The molecule has 0 aliphatic carbocycles. The van der Waals surface area contributed by atoms with Crippen LogP contribution in [0.3, 0.4) is 0 Å². The molecule has 2 saturated heterocycles. The lowest BCUT2D eigenvalue weighted by molar-refractivity contribution is -0.347. The fourth-order valence-electron chi connectivity index (χ4n) is 8.36. The zero-order valence-electron chi connectivity index (χ0n) is 38.4. The molecule has 2 fully saturated rings. The van der Waals surface area contributed by atoms with Crippen LogP contribution in [0.15, 0.2) is 182 Å². The number of hydrogen-bond donors (Lipinski definition) is 0. The van der Waals surface area contributed by atoms with Crippen molar-refractivity contribution >= 4 is 5.97 Å². The summed E-state index contributed by atoms with van der Waals surface area (Å²) < 4.78 is 72.3. The molecule has 0 saturated carbocycles. The molecule has 0 amide bonds. The minimum atomic E-state index is -1.27. The second-order valence-electron chi connectivity index (χ2n) is 16.6. The van der Waals surface area contributed by atoms with Gasteiger partial charge in [-0.25, -0.2) is 4.79 Å². The third kappa shape index (κ3) is 13.5. The fourth-order valence-corrected chi connectivity index (χ4v) is 8.36. The minimum absolute atomic E-state index is 0.110. The third-order valence-electron chi connectivity index (χ3n) is 11.9. The Morgan fingerprint density at radius 2 is 0.676 bits per heavy atom. The van der Waals surface area contributed by atoms with Crippen molar-refractivity contribution in [3.8, 4) is 0 Å². The van der Waals surface area contributed by atoms with Gasteiger partial charge in [0, 0.05) is 7.11 Å². The molecule has 0 unspecified atom stereocenters. The van der Waals surface area contributed by atoms with E-state index in [1.807, 2.05) is 182 Å². The topological polar surface area (TPSA) is 119 Å². The molecule has 68 heavy (non-hydrogen) atoms. The van der Waals surface area contributed by atoms with Crippen LogP contribution in [0.25, 0.3) is 0 Å². The standard InChI is InChI=1S/C56H60O12/c1-58-54(57)51-49(62-35-42-25-13-5-14-26-42)50(63-36-43-27-15-6-16-28-43)53(65-38-45-31-19-8-20-32-45)56(68-51)66-39-46-47(60-33-40-21-9-3-10-22-40)48(61-34-41-23-11-4-12-24-41)52(55(59-2)67-46)64-37-44-29-17-7-18-30-44/h3-32,46-53,55-56H,33-39H2,1-2H3/t46-,47-,48+,49+,50-,51+,52-,53-,55+,56+/m1/s1. The summed E-state index contributed by atoms with van der Waals surface area (Å²) in [6.45, 7) is 1.19. The van der Waals surface area contributed by atoms with Gasteiger partial charge in [0.05, 0.1) is 53.4 Å². The molecule has 356 valence electrons. The molecule has 6 aromatic carbocycles. The van der Waals surface area contributed by atoms with Crippen LogP contribution in [0.2, 0.25) is 0 Å². The lowest BCUT2D eigenvalue weighted by Gasteiger charge is -2.47. The molecular formula is C56H60O12. The van der Waals surface area contributed by atoms with E-state index < -0.39 is 67.4 Å². The highest BCUT2D eigenvalue weighted by Crippen LogP contribution is 2.35. The molecule has 0 radical (unpaired) electrons. The maximum atomic E-state index is 13.9. The van der Waals surface area contributed by atoms with Crippen LogP contribution >= 0.6 is 0 Å². The predicted molar refractivity (Wildman–Crippen MR) is 252 cm³/mol. The van der Waals surface area contributed by atoms with Crippen molar-refractivity contribution < 1.29 is 56.9 Å². The number of ether oxygens (including phenoxy) is 11. The Kier molecular flexibility index (Phi) is 18.4. The van der Waals surface area contributed by atoms with Gasteiger partial charge in [-0.2, -0.15) is 0 Å². The van der Waals surface area contributed by atoms with Gasteiger partial charge in [-0.15, -0.1) is 0 Å². The zero-order valence-corrected chi connectivity index (χ0v) is 38.4. The number of carbonyl (C=O) groups is 1. The first-order valence-corrected chi connectivity index (χ1v) is 23.0. The van der Waals surface area contributed by atoms with E-state index in [2.05, 4.69) is 0 Å². The van der Waals surface area contributed by atoms with Crippen molar-refractivity contribution in [2.45, 2.75) is 101 Å². The van der Waals surface area contributed by atoms with Gasteiger partial charge in [-0.05, 0) is 33.4 Å². The number of hydrogen-bond acceptors (Lipinski definition) is 12. The first-order valence-electron chi connectivity index (χ1n) is 23.0. The molecule has 0 spiro atoms. The van der Waals surface area contributed by atoms with E-state index in [0.29, 0.717) is 0 Å². The highest BCUT2D eigenvalue weighted by Gasteiger charge is 2.54. The number of esters is 1. The van der Waals surface area contributed by atoms with Gasteiger partial charge in [-0.1, -0.05) is 182 Å². The number of rotatable bonds is 23. The van der Waals surface area contributed by atoms with Crippen molar-refractivity contribution in [3.05, 3.63) is 215 Å². The van der Waals surface area contributed by atoms with Gasteiger partial charge in [0.1, 0.15) is 42.7 Å². The molecule has 12 heteroatoms. The molecule has 10 atom stereocenters. The van der Waals surface area contributed by atoms with Crippen molar-refractivity contribution in [3.63, 3.8) is 0 Å². The number of benzene rings is 6. The Balaban J connectivity index is 1.12. The van der Waals surface area contributed by atoms with E-state index in [1.165, 1.54) is 7.11 Å². The Hall–Kier alpha value is -5.61. The Morgan fingerprint density at radius 1 is 0.368 bits per heavy atom. The van der Waals surface area contributed by atoms with Crippen molar-refractivity contribution in [1.29, 1.82) is 0 Å². The molecule has 2 heterocycles. The second kappa shape index (κ2) is 25.7. The van der Waals surface area contributed by atoms with E-state index in [9.17, 15) is 4.79 Å². The van der Waals surface area contributed by atoms with E-state index in [-0.39, 0.29) is 46.2 Å². The Bertz CT molecular complexity index is 2330. The smallest absolute Gasteiger partial charge is 0.337 e. The van der Waals surface area contributed by atoms with Gasteiger partial charge in [0.25, 0.3) is 0 Å². The van der Waals surface area contributed by atoms with E-state index in [1.54, 1.807) is 7.11 Å². The monoisotopic (exact) mass is 924 g/mol. The summed E-state index contributed by atoms with van der Waals surface area (Å²) in [6.07, 6.45) is -9.19. The average molecular weight is 925 g/mol. The van der Waals surface area contributed by atoms with E-state index in [0.717, 1.165) is 33.4 Å². The molecule has 2 aliphatic rings. The highest BCUT2D eigenvalue weighted by molar-refractivity contribution is 5.75. The largest absolute Gasteiger partial charge is 0.467 e. The van der Waals surface area contributed by atoms with Gasteiger partial charge in [-0.3, -0.25) is 0 Å². The SMILES string of the molecule is COC(=O)[C@H]1O[C@H](OC[C@H]2O[C@H](OC)[C@H](OCc3ccccc3)[C@@H](OCc3ccccc3)[C@@H]2OCc2ccccc2)[C@H](OCc2ccccc2)[C@H](OCc2ccccc2)[C@@H]1OCc1ccccc1. The van der Waals surface area contributed by atoms with Gasteiger partial charge >= 0.3 is 5.97 Å². The number of carbonyl (C=O) groups excluding carboxylic acids is 1. The van der Waals surface area contributed by atoms with Crippen molar-refractivity contribution in [2.24, 2.45) is 0 Å². The van der Waals surface area contributed by atoms with Crippen LogP contribution in [-0.4, -0.2) is 88.2 Å². The maximum absolute atomic E-state index is 13.9. The summed E-state index contributed by atoms with van der Waals surface area (Å²) in [5.41, 5.74) is 5.63. The zero-order chi connectivity index (χ0) is 46.8. The lowest BCUT2D eigenvalue weighted by atomic mass is 9.96. The van der Waals surface area contributed by atoms with Crippen LogP contribution in [0.5, 0.6) is 0 Å². The van der Waals surface area contributed by atoms with Crippen LogP contribution in [0, 0.1) is 0 Å². The molecule has 6 aromatic rings. The summed E-state index contributed by atoms with van der Waals surface area (Å²) >= 11 is 0. The number of methoxy groups -OCH3 is 2. The first kappa shape index (κ1) is 48.8. The van der Waals surface area contributed by atoms with Crippen LogP contribution in [0.1, 0.15) is 33.4 Å². The molecule has 2 aliphatic heterocycles. The molecule has 12 nitrogen and oxygen atoms in total. The van der Waals surface area contributed by atoms with Crippen molar-refractivity contribution in [1.82, 2.24) is 0 Å². The summed E-state index contributed by atoms with van der Waals surface area (Å²) in [5.74, 6) is -0.656.